The van der Waals surface area contributed by atoms with E-state index in [-0.39, 0.29) is 6.61 Å². The largest absolute Gasteiger partial charge is 0.396 e. The Hall–Kier alpha value is -1.45. The van der Waals surface area contributed by atoms with E-state index in [1.807, 2.05) is 42.5 Å². The zero-order valence-electron chi connectivity index (χ0n) is 12.8. The van der Waals surface area contributed by atoms with Gasteiger partial charge in [0, 0.05) is 33.6 Å². The smallest absolute Gasteiger partial charge is 0.0546 e. The first kappa shape index (κ1) is 17.4. The molecule has 2 nitrogen and oxygen atoms in total. The summed E-state index contributed by atoms with van der Waals surface area (Å²) in [6.07, 6.45) is 1.47. The fourth-order valence-corrected chi connectivity index (χ4v) is 3.37. The summed E-state index contributed by atoms with van der Waals surface area (Å²) in [7, 11) is 0. The van der Waals surface area contributed by atoms with E-state index in [4.69, 9.17) is 39.9 Å². The van der Waals surface area contributed by atoms with Crippen molar-refractivity contribution >= 4 is 34.8 Å². The average Bonchev–Trinajstić information content (AvgIpc) is 2.97. The van der Waals surface area contributed by atoms with Crippen LogP contribution in [-0.2, 0) is 6.42 Å². The normalized spacial score (nSPS) is 11.0. The fourth-order valence-electron chi connectivity index (χ4n) is 2.74. The fraction of sp³-hybridized carbons (Fsp3) is 0.158. The van der Waals surface area contributed by atoms with Crippen molar-refractivity contribution < 1.29 is 5.11 Å². The van der Waals surface area contributed by atoms with Gasteiger partial charge in [0.15, 0.2) is 0 Å². The summed E-state index contributed by atoms with van der Waals surface area (Å²) in [5, 5.41) is 11.1. The Morgan fingerprint density at radius 1 is 0.833 bits per heavy atom. The molecule has 0 atom stereocenters. The van der Waals surface area contributed by atoms with Gasteiger partial charge in [-0.05, 0) is 67.4 Å². The predicted molar refractivity (Wildman–Crippen MR) is 102 cm³/mol. The third-order valence-electron chi connectivity index (χ3n) is 3.84. The number of benzene rings is 2. The maximum absolute atomic E-state index is 9.16. The van der Waals surface area contributed by atoms with Crippen LogP contribution in [-0.4, -0.2) is 16.3 Å². The number of aliphatic hydroxyl groups is 1. The lowest BCUT2D eigenvalue weighted by Crippen LogP contribution is -2.03. The predicted octanol–water partition coefficient (Wildman–Crippen LogP) is 6.03. The van der Waals surface area contributed by atoms with Gasteiger partial charge in [-0.1, -0.05) is 34.8 Å². The van der Waals surface area contributed by atoms with Crippen LogP contribution < -0.4 is 0 Å². The van der Waals surface area contributed by atoms with E-state index in [2.05, 4.69) is 10.6 Å². The standard InChI is InChI=1S/C19H16Cl3NO/c20-13-3-6-16(7-4-13)23-15(2-1-11-24)8-10-19(23)17-9-5-14(21)12-18(17)22/h3-10,12,24H,1-2,11H2. The second kappa shape index (κ2) is 7.62. The molecule has 0 radical (unpaired) electrons. The van der Waals surface area contributed by atoms with Crippen LogP contribution in [0.5, 0.6) is 0 Å². The third kappa shape index (κ3) is 3.62. The van der Waals surface area contributed by atoms with Gasteiger partial charge in [0.05, 0.1) is 10.7 Å². The first-order chi connectivity index (χ1) is 11.6. The molecule has 0 unspecified atom stereocenters. The van der Waals surface area contributed by atoms with Crippen molar-refractivity contribution in [2.24, 2.45) is 0 Å². The van der Waals surface area contributed by atoms with Gasteiger partial charge in [-0.15, -0.1) is 0 Å². The van der Waals surface area contributed by atoms with Crippen molar-refractivity contribution in [3.05, 3.63) is 75.4 Å². The van der Waals surface area contributed by atoms with Crippen molar-refractivity contribution in [2.45, 2.75) is 12.8 Å². The minimum Gasteiger partial charge on any atom is -0.396 e. The first-order valence-corrected chi connectivity index (χ1v) is 8.76. The molecule has 124 valence electrons. The Morgan fingerprint density at radius 3 is 2.21 bits per heavy atom. The van der Waals surface area contributed by atoms with Crippen LogP contribution in [0.25, 0.3) is 16.9 Å². The van der Waals surface area contributed by atoms with E-state index in [1.54, 1.807) is 6.07 Å². The number of hydrogen-bond acceptors (Lipinski definition) is 1. The lowest BCUT2D eigenvalue weighted by molar-refractivity contribution is 0.288. The number of hydrogen-bond donors (Lipinski definition) is 1. The van der Waals surface area contributed by atoms with E-state index in [0.717, 1.165) is 29.1 Å². The van der Waals surface area contributed by atoms with E-state index >= 15 is 0 Å². The molecule has 24 heavy (non-hydrogen) atoms. The van der Waals surface area contributed by atoms with Crippen molar-refractivity contribution in [3.8, 4) is 16.9 Å². The maximum Gasteiger partial charge on any atom is 0.0546 e. The summed E-state index contributed by atoms with van der Waals surface area (Å²) >= 11 is 18.4. The molecular weight excluding hydrogens is 365 g/mol. The summed E-state index contributed by atoms with van der Waals surface area (Å²) in [5.74, 6) is 0. The maximum atomic E-state index is 9.16. The van der Waals surface area contributed by atoms with Crippen LogP contribution in [0.3, 0.4) is 0 Å². The van der Waals surface area contributed by atoms with Gasteiger partial charge in [0.2, 0.25) is 0 Å². The minimum atomic E-state index is 0.156. The third-order valence-corrected chi connectivity index (χ3v) is 4.64. The van der Waals surface area contributed by atoms with Gasteiger partial charge in [-0.2, -0.15) is 0 Å². The average molecular weight is 381 g/mol. The zero-order chi connectivity index (χ0) is 17.1. The van der Waals surface area contributed by atoms with Crippen LogP contribution in [0.2, 0.25) is 15.1 Å². The molecule has 0 aliphatic rings. The molecule has 0 saturated heterocycles. The molecule has 0 aliphatic heterocycles. The summed E-state index contributed by atoms with van der Waals surface area (Å²) in [4.78, 5) is 0. The molecule has 2 aromatic carbocycles. The van der Waals surface area contributed by atoms with Crippen LogP contribution in [0.1, 0.15) is 12.1 Å². The summed E-state index contributed by atoms with van der Waals surface area (Å²) in [6, 6.07) is 17.2. The molecular formula is C19H16Cl3NO. The van der Waals surface area contributed by atoms with E-state index in [9.17, 15) is 0 Å². The monoisotopic (exact) mass is 379 g/mol. The van der Waals surface area contributed by atoms with Gasteiger partial charge < -0.3 is 9.67 Å². The van der Waals surface area contributed by atoms with Gasteiger partial charge in [0.25, 0.3) is 0 Å². The van der Waals surface area contributed by atoms with Crippen molar-refractivity contribution in [1.29, 1.82) is 0 Å². The molecule has 3 aromatic rings. The first-order valence-electron chi connectivity index (χ1n) is 7.63. The lowest BCUT2D eigenvalue weighted by Gasteiger charge is -2.15. The Kier molecular flexibility index (Phi) is 5.52. The summed E-state index contributed by atoms with van der Waals surface area (Å²) in [6.45, 7) is 0.156. The Bertz CT molecular complexity index is 840. The number of aliphatic hydroxyl groups excluding tert-OH is 1. The zero-order valence-corrected chi connectivity index (χ0v) is 15.1. The molecule has 0 aliphatic carbocycles. The lowest BCUT2D eigenvalue weighted by atomic mass is 10.1. The van der Waals surface area contributed by atoms with Crippen LogP contribution in [0, 0.1) is 0 Å². The van der Waals surface area contributed by atoms with Crippen molar-refractivity contribution in [1.82, 2.24) is 4.57 Å². The number of aryl methyl sites for hydroxylation is 1. The van der Waals surface area contributed by atoms with Crippen molar-refractivity contribution in [3.63, 3.8) is 0 Å². The highest BCUT2D eigenvalue weighted by molar-refractivity contribution is 6.36. The second-order valence-corrected chi connectivity index (χ2v) is 6.75. The van der Waals surface area contributed by atoms with Gasteiger partial charge in [-0.25, -0.2) is 0 Å². The van der Waals surface area contributed by atoms with Crippen LogP contribution in [0.4, 0.5) is 0 Å². The molecule has 1 heterocycles. The Morgan fingerprint density at radius 2 is 1.54 bits per heavy atom. The van der Waals surface area contributed by atoms with Gasteiger partial charge in [0.1, 0.15) is 0 Å². The molecule has 0 spiro atoms. The highest BCUT2D eigenvalue weighted by atomic mass is 35.5. The number of halogens is 3. The Balaban J connectivity index is 2.15. The molecule has 1 aromatic heterocycles. The SMILES string of the molecule is OCCCc1ccc(-c2ccc(Cl)cc2Cl)n1-c1ccc(Cl)cc1. The number of rotatable bonds is 5. The molecule has 5 heteroatoms. The van der Waals surface area contributed by atoms with Crippen molar-refractivity contribution in [2.75, 3.05) is 6.61 Å². The topological polar surface area (TPSA) is 25.2 Å². The second-order valence-electron chi connectivity index (χ2n) is 5.47. The van der Waals surface area contributed by atoms with Gasteiger partial charge >= 0.3 is 0 Å². The molecule has 3 rings (SSSR count). The Labute approximate surface area is 156 Å². The summed E-state index contributed by atoms with van der Waals surface area (Å²) in [5.41, 5.74) is 3.99. The summed E-state index contributed by atoms with van der Waals surface area (Å²) < 4.78 is 2.14. The molecule has 0 amide bonds. The quantitative estimate of drug-likeness (QED) is 0.574. The van der Waals surface area contributed by atoms with Crippen LogP contribution in [0.15, 0.2) is 54.6 Å². The highest BCUT2D eigenvalue weighted by Crippen LogP contribution is 2.34. The number of nitrogens with zero attached hydrogens (tertiary/aromatic N) is 1. The molecule has 0 bridgehead atoms. The van der Waals surface area contributed by atoms with Crippen LogP contribution >= 0.6 is 34.8 Å². The van der Waals surface area contributed by atoms with E-state index < -0.39 is 0 Å². The molecule has 0 fully saturated rings. The number of aromatic nitrogens is 1. The van der Waals surface area contributed by atoms with Gasteiger partial charge in [-0.3, -0.25) is 0 Å². The van der Waals surface area contributed by atoms with E-state index in [1.165, 1.54) is 0 Å². The minimum absolute atomic E-state index is 0.156. The highest BCUT2D eigenvalue weighted by Gasteiger charge is 2.14. The molecule has 1 N–H and O–H groups in total. The molecule has 0 saturated carbocycles. The van der Waals surface area contributed by atoms with E-state index in [0.29, 0.717) is 21.5 Å².